The van der Waals surface area contributed by atoms with E-state index in [2.05, 4.69) is 83.4 Å². The van der Waals surface area contributed by atoms with Gasteiger partial charge in [0.05, 0.1) is 8.07 Å². The Kier molecular flexibility index (Phi) is 7.55. The molecule has 0 spiro atoms. The van der Waals surface area contributed by atoms with Crippen molar-refractivity contribution in [1.29, 1.82) is 0 Å². The Balaban J connectivity index is 1.76. The van der Waals surface area contributed by atoms with Crippen molar-refractivity contribution in [3.63, 3.8) is 0 Å². The number of allylic oxidation sites excluding steroid dienone is 9. The van der Waals surface area contributed by atoms with E-state index in [1.54, 1.807) is 11.1 Å². The normalized spacial score (nSPS) is 33.8. The molecule has 5 atom stereocenters. The molecule has 4 aliphatic rings. The van der Waals surface area contributed by atoms with Crippen LogP contribution >= 0.6 is 0 Å². The molecule has 1 heteroatoms. The first-order valence-electron chi connectivity index (χ1n) is 13.7. The Morgan fingerprint density at radius 1 is 0.875 bits per heavy atom. The van der Waals surface area contributed by atoms with Crippen molar-refractivity contribution in [3.8, 4) is 0 Å². The van der Waals surface area contributed by atoms with Crippen molar-refractivity contribution < 1.29 is 0 Å². The highest BCUT2D eigenvalue weighted by Crippen LogP contribution is 2.63. The molecule has 4 aliphatic carbocycles. The SMILES string of the molecule is C=CCC[Si](C)(C1CCCC1)C1C2C=C(CC(C)C)C=CC2C2C=CC(CC(C)C)=CC21. The van der Waals surface area contributed by atoms with Gasteiger partial charge in [0.25, 0.3) is 0 Å². The summed E-state index contributed by atoms with van der Waals surface area (Å²) in [6.45, 7) is 16.5. The number of hydrogen-bond donors (Lipinski definition) is 0. The molecule has 0 aromatic rings. The Bertz CT molecular complexity index is 739. The van der Waals surface area contributed by atoms with Gasteiger partial charge in [-0.1, -0.05) is 120 Å². The van der Waals surface area contributed by atoms with Gasteiger partial charge in [0.15, 0.2) is 0 Å². The average molecular weight is 449 g/mol. The van der Waals surface area contributed by atoms with Gasteiger partial charge in [-0.15, -0.1) is 6.58 Å². The average Bonchev–Trinajstić information content (AvgIpc) is 3.37. The van der Waals surface area contributed by atoms with E-state index < -0.39 is 8.07 Å². The fourth-order valence-electron chi connectivity index (χ4n) is 8.00. The second kappa shape index (κ2) is 10.0. The van der Waals surface area contributed by atoms with Crippen molar-refractivity contribution in [3.05, 3.63) is 60.3 Å². The minimum absolute atomic E-state index is 0.714. The second-order valence-corrected chi connectivity index (χ2v) is 17.5. The van der Waals surface area contributed by atoms with Crippen LogP contribution in [0.4, 0.5) is 0 Å². The van der Waals surface area contributed by atoms with Crippen LogP contribution in [0, 0.1) is 35.5 Å². The van der Waals surface area contributed by atoms with Gasteiger partial charge in [0.1, 0.15) is 0 Å². The summed E-state index contributed by atoms with van der Waals surface area (Å²) >= 11 is 0. The summed E-state index contributed by atoms with van der Waals surface area (Å²) in [7, 11) is -1.49. The lowest BCUT2D eigenvalue weighted by atomic mass is 9.79. The Hall–Kier alpha value is -1.08. The summed E-state index contributed by atoms with van der Waals surface area (Å²) in [6.07, 6.45) is 27.7. The lowest BCUT2D eigenvalue weighted by Gasteiger charge is -2.45. The molecule has 0 N–H and O–H groups in total. The quantitative estimate of drug-likeness (QED) is 0.243. The zero-order valence-corrected chi connectivity index (χ0v) is 22.5. The molecule has 5 unspecified atom stereocenters. The lowest BCUT2D eigenvalue weighted by Crippen LogP contribution is -2.45. The van der Waals surface area contributed by atoms with Gasteiger partial charge in [-0.3, -0.25) is 0 Å². The molecule has 2 fully saturated rings. The van der Waals surface area contributed by atoms with E-state index >= 15 is 0 Å². The third-order valence-electron chi connectivity index (χ3n) is 9.27. The van der Waals surface area contributed by atoms with Crippen LogP contribution in [-0.2, 0) is 0 Å². The minimum Gasteiger partial charge on any atom is -0.103 e. The van der Waals surface area contributed by atoms with Crippen LogP contribution in [0.2, 0.25) is 23.7 Å². The number of fused-ring (bicyclic) bond motifs is 3. The summed E-state index contributed by atoms with van der Waals surface area (Å²) in [5, 5.41) is 0. The molecule has 0 aromatic carbocycles. The zero-order chi connectivity index (χ0) is 22.9. The van der Waals surface area contributed by atoms with Gasteiger partial charge in [-0.25, -0.2) is 0 Å². The highest BCUT2D eigenvalue weighted by atomic mass is 28.3. The van der Waals surface area contributed by atoms with Gasteiger partial charge >= 0.3 is 0 Å². The first kappa shape index (κ1) is 24.1. The Morgan fingerprint density at radius 2 is 1.38 bits per heavy atom. The fraction of sp³-hybridized carbons (Fsp3) is 0.677. The van der Waals surface area contributed by atoms with E-state index in [0.29, 0.717) is 11.8 Å². The molecule has 2 saturated carbocycles. The van der Waals surface area contributed by atoms with Crippen LogP contribution in [0.1, 0.15) is 72.6 Å². The topological polar surface area (TPSA) is 0 Å². The predicted octanol–water partition coefficient (Wildman–Crippen LogP) is 9.52. The van der Waals surface area contributed by atoms with E-state index in [4.69, 9.17) is 0 Å². The van der Waals surface area contributed by atoms with E-state index in [1.165, 1.54) is 51.0 Å². The van der Waals surface area contributed by atoms with Crippen molar-refractivity contribution in [2.75, 3.05) is 0 Å². The van der Waals surface area contributed by atoms with Gasteiger partial charge in [0.2, 0.25) is 0 Å². The molecule has 32 heavy (non-hydrogen) atoms. The maximum Gasteiger partial charge on any atom is 0.0582 e. The van der Waals surface area contributed by atoms with Crippen molar-refractivity contribution >= 4 is 8.07 Å². The summed E-state index contributed by atoms with van der Waals surface area (Å²) in [6, 6.07) is 1.45. The maximum atomic E-state index is 4.15. The third kappa shape index (κ3) is 4.74. The monoisotopic (exact) mass is 448 g/mol. The molecule has 0 nitrogen and oxygen atoms in total. The first-order valence-corrected chi connectivity index (χ1v) is 16.6. The van der Waals surface area contributed by atoms with Crippen LogP contribution in [0.25, 0.3) is 0 Å². The summed E-state index contributed by atoms with van der Waals surface area (Å²) < 4.78 is 0. The van der Waals surface area contributed by atoms with Gasteiger partial charge in [-0.05, 0) is 65.9 Å². The maximum absolute atomic E-state index is 4.15. The molecule has 0 saturated heterocycles. The molecule has 0 heterocycles. The van der Waals surface area contributed by atoms with Crippen molar-refractivity contribution in [2.24, 2.45) is 35.5 Å². The summed E-state index contributed by atoms with van der Waals surface area (Å²) in [5.74, 6) is 4.41. The second-order valence-electron chi connectivity index (χ2n) is 12.5. The summed E-state index contributed by atoms with van der Waals surface area (Å²) in [5.41, 5.74) is 5.14. The standard InChI is InChI=1S/C31H48Si/c1-7-8-17-32(6,26-11-9-10-12-26)31-29-20-24(18-22(2)3)13-15-27(29)28-16-14-25(19-23(4)5)21-30(28)31/h7,13-16,20-23,26-31H,1,8-12,17-19H2,2-6H3. The smallest absolute Gasteiger partial charge is 0.0582 e. The van der Waals surface area contributed by atoms with E-state index in [1.807, 2.05) is 0 Å². The molecule has 0 bridgehead atoms. The van der Waals surface area contributed by atoms with Crippen LogP contribution in [0.5, 0.6) is 0 Å². The highest BCUT2D eigenvalue weighted by Gasteiger charge is 2.57. The highest BCUT2D eigenvalue weighted by molar-refractivity contribution is 6.81. The van der Waals surface area contributed by atoms with Crippen molar-refractivity contribution in [2.45, 2.75) is 96.3 Å². The molecule has 4 rings (SSSR count). The molecule has 0 radical (unpaired) electrons. The van der Waals surface area contributed by atoms with E-state index in [0.717, 1.165) is 34.8 Å². The van der Waals surface area contributed by atoms with E-state index in [9.17, 15) is 0 Å². The first-order chi connectivity index (χ1) is 15.3. The fourth-order valence-corrected chi connectivity index (χ4v) is 14.2. The Labute approximate surface area is 200 Å². The third-order valence-corrected chi connectivity index (χ3v) is 15.4. The predicted molar refractivity (Wildman–Crippen MR) is 145 cm³/mol. The molecule has 0 aliphatic heterocycles. The van der Waals surface area contributed by atoms with Crippen LogP contribution in [0.3, 0.4) is 0 Å². The van der Waals surface area contributed by atoms with Gasteiger partial charge < -0.3 is 0 Å². The van der Waals surface area contributed by atoms with Crippen LogP contribution in [-0.4, -0.2) is 8.07 Å². The number of hydrogen-bond acceptors (Lipinski definition) is 0. The van der Waals surface area contributed by atoms with Gasteiger partial charge in [-0.2, -0.15) is 0 Å². The van der Waals surface area contributed by atoms with Crippen LogP contribution < -0.4 is 0 Å². The lowest BCUT2D eigenvalue weighted by molar-refractivity contribution is 0.454. The molecule has 0 aromatic heterocycles. The Morgan fingerprint density at radius 3 is 1.81 bits per heavy atom. The molecular formula is C31H48Si. The van der Waals surface area contributed by atoms with E-state index in [-0.39, 0.29) is 0 Å². The van der Waals surface area contributed by atoms with Gasteiger partial charge in [0, 0.05) is 0 Å². The van der Waals surface area contributed by atoms with Crippen LogP contribution in [0.15, 0.2) is 60.3 Å². The largest absolute Gasteiger partial charge is 0.103 e. The zero-order valence-electron chi connectivity index (χ0n) is 21.5. The molecule has 176 valence electrons. The van der Waals surface area contributed by atoms with Crippen molar-refractivity contribution in [1.82, 2.24) is 0 Å². The minimum atomic E-state index is -1.49. The number of rotatable bonds is 9. The molecular weight excluding hydrogens is 400 g/mol. The summed E-state index contributed by atoms with van der Waals surface area (Å²) in [4.78, 5) is 0. The molecule has 0 amide bonds.